The summed E-state index contributed by atoms with van der Waals surface area (Å²) in [4.78, 5) is 12.3. The van der Waals surface area contributed by atoms with Crippen LogP contribution in [0.4, 0.5) is 5.69 Å². The lowest BCUT2D eigenvalue weighted by Gasteiger charge is -2.15. The second-order valence-corrected chi connectivity index (χ2v) is 8.77. The number of amides is 1. The van der Waals surface area contributed by atoms with Gasteiger partial charge in [0.1, 0.15) is 0 Å². The molecule has 1 amide bonds. The number of hydrogen-bond donors (Lipinski definition) is 1. The van der Waals surface area contributed by atoms with Gasteiger partial charge in [0.15, 0.2) is 0 Å². The lowest BCUT2D eigenvalue weighted by molar-refractivity contribution is -0.111. The van der Waals surface area contributed by atoms with E-state index in [4.69, 9.17) is 0 Å². The van der Waals surface area contributed by atoms with E-state index < -0.39 is 10.0 Å². The lowest BCUT2D eigenvalue weighted by atomic mass is 10.2. The van der Waals surface area contributed by atoms with Crippen LogP contribution in [-0.2, 0) is 14.8 Å². The highest BCUT2D eigenvalue weighted by atomic mass is 79.9. The van der Waals surface area contributed by atoms with Crippen molar-refractivity contribution < 1.29 is 13.2 Å². The smallest absolute Gasteiger partial charge is 0.248 e. The normalized spacial score (nSPS) is 15.4. The fourth-order valence-corrected chi connectivity index (χ4v) is 4.68. The topological polar surface area (TPSA) is 66.5 Å². The first-order valence-electron chi connectivity index (χ1n) is 8.30. The van der Waals surface area contributed by atoms with Crippen LogP contribution in [0.3, 0.4) is 0 Å². The van der Waals surface area contributed by atoms with E-state index in [0.717, 1.165) is 22.9 Å². The zero-order valence-corrected chi connectivity index (χ0v) is 16.5. The van der Waals surface area contributed by atoms with Gasteiger partial charge in [-0.15, -0.1) is 0 Å². The Morgan fingerprint density at radius 2 is 1.69 bits per heavy atom. The fraction of sp³-hybridized carbons (Fsp3) is 0.211. The van der Waals surface area contributed by atoms with Crippen molar-refractivity contribution in [3.8, 4) is 0 Å². The molecule has 0 saturated carbocycles. The number of carbonyl (C=O) groups is 1. The van der Waals surface area contributed by atoms with E-state index in [1.807, 2.05) is 24.3 Å². The van der Waals surface area contributed by atoms with E-state index in [2.05, 4.69) is 21.2 Å². The van der Waals surface area contributed by atoms with Crippen LogP contribution < -0.4 is 5.32 Å². The molecular formula is C19H19BrN2O3S. The SMILES string of the molecule is O=C(/C=C/c1ccccc1Br)Nc1ccc(S(=O)(=O)N2CCCC2)cc1. The molecule has 5 nitrogen and oxygen atoms in total. The molecule has 1 heterocycles. The zero-order chi connectivity index (χ0) is 18.6. The molecule has 0 aromatic heterocycles. The van der Waals surface area contributed by atoms with Crippen molar-refractivity contribution in [3.05, 3.63) is 64.6 Å². The number of rotatable bonds is 5. The van der Waals surface area contributed by atoms with Gasteiger partial charge in [-0.25, -0.2) is 8.42 Å². The molecule has 0 radical (unpaired) electrons. The largest absolute Gasteiger partial charge is 0.323 e. The molecule has 0 spiro atoms. The molecule has 1 N–H and O–H groups in total. The first-order chi connectivity index (χ1) is 12.5. The summed E-state index contributed by atoms with van der Waals surface area (Å²) in [5, 5.41) is 2.73. The van der Waals surface area contributed by atoms with Crippen LogP contribution in [0.25, 0.3) is 6.08 Å². The first kappa shape index (κ1) is 18.8. The van der Waals surface area contributed by atoms with Gasteiger partial charge in [0.2, 0.25) is 15.9 Å². The van der Waals surface area contributed by atoms with Crippen molar-refractivity contribution >= 4 is 43.6 Å². The van der Waals surface area contributed by atoms with Gasteiger partial charge in [-0.1, -0.05) is 34.1 Å². The van der Waals surface area contributed by atoms with Gasteiger partial charge in [-0.05, 0) is 54.8 Å². The monoisotopic (exact) mass is 434 g/mol. The van der Waals surface area contributed by atoms with Gasteiger partial charge >= 0.3 is 0 Å². The second kappa shape index (κ2) is 8.16. The van der Waals surface area contributed by atoms with Crippen LogP contribution in [-0.4, -0.2) is 31.7 Å². The molecule has 0 unspecified atom stereocenters. The van der Waals surface area contributed by atoms with Gasteiger partial charge in [0.25, 0.3) is 0 Å². The van der Waals surface area contributed by atoms with Gasteiger partial charge in [0.05, 0.1) is 4.90 Å². The Hall–Kier alpha value is -1.96. The summed E-state index contributed by atoms with van der Waals surface area (Å²) in [5.41, 5.74) is 1.45. The third-order valence-corrected chi connectivity index (χ3v) is 6.78. The number of nitrogens with zero attached hydrogens (tertiary/aromatic N) is 1. The average molecular weight is 435 g/mol. The van der Waals surface area contributed by atoms with Crippen LogP contribution in [0, 0.1) is 0 Å². The zero-order valence-electron chi connectivity index (χ0n) is 14.1. The number of hydrogen-bond acceptors (Lipinski definition) is 3. The van der Waals surface area contributed by atoms with Crippen LogP contribution in [0.2, 0.25) is 0 Å². The minimum absolute atomic E-state index is 0.251. The molecule has 0 atom stereocenters. The Kier molecular flexibility index (Phi) is 5.90. The quantitative estimate of drug-likeness (QED) is 0.725. The van der Waals surface area contributed by atoms with Crippen molar-refractivity contribution in [2.75, 3.05) is 18.4 Å². The molecule has 1 aliphatic rings. The van der Waals surface area contributed by atoms with Crippen molar-refractivity contribution in [2.45, 2.75) is 17.7 Å². The third kappa shape index (κ3) is 4.41. The van der Waals surface area contributed by atoms with Crippen molar-refractivity contribution in [1.82, 2.24) is 4.31 Å². The Morgan fingerprint density at radius 1 is 1.04 bits per heavy atom. The van der Waals surface area contributed by atoms with Crippen LogP contribution in [0.15, 0.2) is 64.0 Å². The molecular weight excluding hydrogens is 416 g/mol. The van der Waals surface area contributed by atoms with Crippen LogP contribution in [0.1, 0.15) is 18.4 Å². The second-order valence-electron chi connectivity index (χ2n) is 5.98. The summed E-state index contributed by atoms with van der Waals surface area (Å²) in [6, 6.07) is 13.9. The van der Waals surface area contributed by atoms with E-state index in [1.54, 1.807) is 18.2 Å². The minimum atomic E-state index is -3.43. The van der Waals surface area contributed by atoms with Crippen LogP contribution >= 0.6 is 15.9 Å². The third-order valence-electron chi connectivity index (χ3n) is 4.14. The van der Waals surface area contributed by atoms with E-state index in [9.17, 15) is 13.2 Å². The highest BCUT2D eigenvalue weighted by Crippen LogP contribution is 2.22. The highest BCUT2D eigenvalue weighted by molar-refractivity contribution is 9.10. The molecule has 136 valence electrons. The van der Waals surface area contributed by atoms with E-state index >= 15 is 0 Å². The van der Waals surface area contributed by atoms with E-state index in [-0.39, 0.29) is 10.8 Å². The maximum absolute atomic E-state index is 12.5. The summed E-state index contributed by atoms with van der Waals surface area (Å²) in [6.07, 6.45) is 4.95. The highest BCUT2D eigenvalue weighted by Gasteiger charge is 2.26. The molecule has 2 aromatic rings. The summed E-state index contributed by atoms with van der Waals surface area (Å²) in [7, 11) is -3.43. The van der Waals surface area contributed by atoms with Crippen molar-refractivity contribution in [3.63, 3.8) is 0 Å². The van der Waals surface area contributed by atoms with E-state index in [1.165, 1.54) is 22.5 Å². The first-order valence-corrected chi connectivity index (χ1v) is 10.5. The number of benzene rings is 2. The summed E-state index contributed by atoms with van der Waals surface area (Å²) in [5.74, 6) is -0.282. The Morgan fingerprint density at radius 3 is 2.35 bits per heavy atom. The molecule has 0 aliphatic carbocycles. The summed E-state index contributed by atoms with van der Waals surface area (Å²) in [6.45, 7) is 1.14. The molecule has 7 heteroatoms. The number of nitrogens with one attached hydrogen (secondary N) is 1. The molecule has 3 rings (SSSR count). The molecule has 1 saturated heterocycles. The average Bonchev–Trinajstić information content (AvgIpc) is 3.17. The predicted octanol–water partition coefficient (Wildman–Crippen LogP) is 3.89. The molecule has 2 aromatic carbocycles. The number of anilines is 1. The van der Waals surface area contributed by atoms with E-state index in [0.29, 0.717) is 18.8 Å². The number of sulfonamides is 1. The standard InChI is InChI=1S/C19H19BrN2O3S/c20-18-6-2-1-5-15(18)7-12-19(23)21-16-8-10-17(11-9-16)26(24,25)22-13-3-4-14-22/h1-2,5-12H,3-4,13-14H2,(H,21,23)/b12-7+. The van der Waals surface area contributed by atoms with Gasteiger partial charge in [-0.3, -0.25) is 4.79 Å². The summed E-state index contributed by atoms with van der Waals surface area (Å²) < 4.78 is 27.4. The fourth-order valence-electron chi connectivity index (χ4n) is 2.75. The number of carbonyl (C=O) groups excluding carboxylic acids is 1. The predicted molar refractivity (Wildman–Crippen MR) is 106 cm³/mol. The van der Waals surface area contributed by atoms with Crippen molar-refractivity contribution in [2.24, 2.45) is 0 Å². The van der Waals surface area contributed by atoms with Gasteiger partial charge in [0, 0.05) is 29.3 Å². The summed E-state index contributed by atoms with van der Waals surface area (Å²) >= 11 is 3.42. The maximum Gasteiger partial charge on any atom is 0.248 e. The van der Waals surface area contributed by atoms with Crippen molar-refractivity contribution in [1.29, 1.82) is 0 Å². The lowest BCUT2D eigenvalue weighted by Crippen LogP contribution is -2.27. The number of halogens is 1. The Balaban J connectivity index is 1.65. The Bertz CT molecular complexity index is 918. The minimum Gasteiger partial charge on any atom is -0.323 e. The molecule has 1 fully saturated rings. The molecule has 0 bridgehead atoms. The Labute approximate surface area is 161 Å². The molecule has 1 aliphatic heterocycles. The maximum atomic E-state index is 12.5. The van der Waals surface area contributed by atoms with Gasteiger partial charge < -0.3 is 5.32 Å². The van der Waals surface area contributed by atoms with Gasteiger partial charge in [-0.2, -0.15) is 4.31 Å². The molecule has 26 heavy (non-hydrogen) atoms. The van der Waals surface area contributed by atoms with Crippen LogP contribution in [0.5, 0.6) is 0 Å².